The van der Waals surface area contributed by atoms with Gasteiger partial charge in [-0.3, -0.25) is 9.59 Å². The van der Waals surface area contributed by atoms with E-state index in [-0.39, 0.29) is 0 Å². The standard InChI is InChI=1S/C23H28O4/c1-2-3-4-5-6-13-18-21(22(24)26-19-14-9-7-10-15-19)23(25)27-20-16-11-8-12-17-20/h7-12,14-17,21H,2-6,13,18H2,1H3. The van der Waals surface area contributed by atoms with E-state index in [0.717, 1.165) is 19.3 Å². The summed E-state index contributed by atoms with van der Waals surface area (Å²) in [6.07, 6.45) is 6.93. The monoisotopic (exact) mass is 368 g/mol. The summed E-state index contributed by atoms with van der Waals surface area (Å²) >= 11 is 0. The molecular formula is C23H28O4. The Bertz CT molecular complexity index is 629. The van der Waals surface area contributed by atoms with E-state index < -0.39 is 17.9 Å². The summed E-state index contributed by atoms with van der Waals surface area (Å²) in [5.41, 5.74) is 0. The van der Waals surface area contributed by atoms with Gasteiger partial charge in [0.2, 0.25) is 0 Å². The predicted molar refractivity (Wildman–Crippen MR) is 106 cm³/mol. The van der Waals surface area contributed by atoms with Crippen LogP contribution in [0, 0.1) is 5.92 Å². The van der Waals surface area contributed by atoms with Crippen molar-refractivity contribution in [3.05, 3.63) is 60.7 Å². The van der Waals surface area contributed by atoms with E-state index in [1.807, 2.05) is 12.1 Å². The van der Waals surface area contributed by atoms with Gasteiger partial charge >= 0.3 is 11.9 Å². The molecule has 0 aliphatic rings. The summed E-state index contributed by atoms with van der Waals surface area (Å²) in [7, 11) is 0. The van der Waals surface area contributed by atoms with Crippen LogP contribution in [0.25, 0.3) is 0 Å². The normalized spacial score (nSPS) is 10.6. The lowest BCUT2D eigenvalue weighted by molar-refractivity contribution is -0.151. The van der Waals surface area contributed by atoms with Gasteiger partial charge in [0, 0.05) is 0 Å². The molecule has 2 rings (SSSR count). The third-order valence-electron chi connectivity index (χ3n) is 4.34. The molecule has 0 saturated heterocycles. The van der Waals surface area contributed by atoms with Crippen LogP contribution in [0.15, 0.2) is 60.7 Å². The van der Waals surface area contributed by atoms with Gasteiger partial charge < -0.3 is 9.47 Å². The van der Waals surface area contributed by atoms with Gasteiger partial charge in [0.15, 0.2) is 5.92 Å². The number of carbonyl (C=O) groups excluding carboxylic acids is 2. The molecule has 0 saturated carbocycles. The molecule has 0 fully saturated rings. The lowest BCUT2D eigenvalue weighted by Gasteiger charge is -2.15. The predicted octanol–water partition coefficient (Wildman–Crippen LogP) is 5.56. The molecule has 0 bridgehead atoms. The first-order chi connectivity index (χ1) is 13.2. The maximum atomic E-state index is 12.6. The van der Waals surface area contributed by atoms with Gasteiger partial charge in [-0.1, -0.05) is 81.8 Å². The number of unbranched alkanes of at least 4 members (excludes halogenated alkanes) is 5. The largest absolute Gasteiger partial charge is 0.426 e. The van der Waals surface area contributed by atoms with Crippen molar-refractivity contribution in [1.82, 2.24) is 0 Å². The summed E-state index contributed by atoms with van der Waals surface area (Å²) < 4.78 is 10.8. The summed E-state index contributed by atoms with van der Waals surface area (Å²) in [6.45, 7) is 2.18. The van der Waals surface area contributed by atoms with Crippen LogP contribution < -0.4 is 9.47 Å². The van der Waals surface area contributed by atoms with Crippen molar-refractivity contribution in [2.24, 2.45) is 5.92 Å². The number of hydrogen-bond acceptors (Lipinski definition) is 4. The van der Waals surface area contributed by atoms with Gasteiger partial charge in [-0.25, -0.2) is 0 Å². The number of hydrogen-bond donors (Lipinski definition) is 0. The lowest BCUT2D eigenvalue weighted by Crippen LogP contribution is -2.31. The minimum Gasteiger partial charge on any atom is -0.426 e. The maximum absolute atomic E-state index is 12.6. The zero-order valence-corrected chi connectivity index (χ0v) is 15.9. The van der Waals surface area contributed by atoms with Crippen molar-refractivity contribution in [1.29, 1.82) is 0 Å². The molecule has 0 aliphatic heterocycles. The van der Waals surface area contributed by atoms with Crippen LogP contribution in [0.1, 0.15) is 51.9 Å². The Morgan fingerprint density at radius 2 is 1.15 bits per heavy atom. The average Bonchev–Trinajstić information content (AvgIpc) is 2.68. The van der Waals surface area contributed by atoms with Crippen molar-refractivity contribution in [2.45, 2.75) is 51.9 Å². The fourth-order valence-corrected chi connectivity index (χ4v) is 2.81. The lowest BCUT2D eigenvalue weighted by atomic mass is 10.00. The molecule has 0 heterocycles. The molecule has 0 spiro atoms. The van der Waals surface area contributed by atoms with Crippen LogP contribution in [0.2, 0.25) is 0 Å². The zero-order chi connectivity index (χ0) is 19.3. The first kappa shape index (κ1) is 20.7. The third-order valence-corrected chi connectivity index (χ3v) is 4.34. The number of ether oxygens (including phenoxy) is 2. The van der Waals surface area contributed by atoms with Crippen LogP contribution in [0.4, 0.5) is 0 Å². The SMILES string of the molecule is CCCCCCCCC(C(=O)Oc1ccccc1)C(=O)Oc1ccccc1. The average molecular weight is 368 g/mol. The highest BCUT2D eigenvalue weighted by atomic mass is 16.6. The summed E-state index contributed by atoms with van der Waals surface area (Å²) in [5.74, 6) is -1.17. The molecule has 144 valence electrons. The van der Waals surface area contributed by atoms with Crippen molar-refractivity contribution in [3.63, 3.8) is 0 Å². The van der Waals surface area contributed by atoms with Crippen LogP contribution in [0.3, 0.4) is 0 Å². The molecule has 4 heteroatoms. The Morgan fingerprint density at radius 1 is 0.704 bits per heavy atom. The topological polar surface area (TPSA) is 52.6 Å². The molecule has 4 nitrogen and oxygen atoms in total. The van der Waals surface area contributed by atoms with Gasteiger partial charge in [-0.15, -0.1) is 0 Å². The Labute approximate surface area is 161 Å². The molecule has 0 amide bonds. The number of carbonyl (C=O) groups is 2. The van der Waals surface area contributed by atoms with E-state index in [1.54, 1.807) is 48.5 Å². The van der Waals surface area contributed by atoms with E-state index in [0.29, 0.717) is 17.9 Å². The Kier molecular flexibility index (Phi) is 9.11. The van der Waals surface area contributed by atoms with Crippen molar-refractivity contribution in [3.8, 4) is 11.5 Å². The molecule has 27 heavy (non-hydrogen) atoms. The Morgan fingerprint density at radius 3 is 1.63 bits per heavy atom. The summed E-state index contributed by atoms with van der Waals surface area (Å²) in [4.78, 5) is 25.2. The number of esters is 2. The second kappa shape index (κ2) is 11.9. The van der Waals surface area contributed by atoms with E-state index in [9.17, 15) is 9.59 Å². The fourth-order valence-electron chi connectivity index (χ4n) is 2.81. The van der Waals surface area contributed by atoms with Gasteiger partial charge in [-0.2, -0.15) is 0 Å². The first-order valence-corrected chi connectivity index (χ1v) is 9.74. The molecule has 0 N–H and O–H groups in total. The second-order valence-corrected chi connectivity index (χ2v) is 6.58. The molecule has 2 aromatic rings. The van der Waals surface area contributed by atoms with Gasteiger partial charge in [0.1, 0.15) is 11.5 Å². The van der Waals surface area contributed by atoms with Crippen molar-refractivity contribution < 1.29 is 19.1 Å². The van der Waals surface area contributed by atoms with E-state index in [2.05, 4.69) is 6.92 Å². The van der Waals surface area contributed by atoms with E-state index in [1.165, 1.54) is 19.3 Å². The minimum absolute atomic E-state index is 0.433. The quantitative estimate of drug-likeness (QED) is 0.225. The highest BCUT2D eigenvalue weighted by molar-refractivity contribution is 5.96. The highest BCUT2D eigenvalue weighted by Crippen LogP contribution is 2.20. The molecule has 0 aromatic heterocycles. The van der Waals surface area contributed by atoms with Crippen molar-refractivity contribution in [2.75, 3.05) is 0 Å². The summed E-state index contributed by atoms with van der Waals surface area (Å²) in [6, 6.07) is 17.6. The molecule has 0 radical (unpaired) electrons. The van der Waals surface area contributed by atoms with Crippen LogP contribution >= 0.6 is 0 Å². The molecular weight excluding hydrogens is 340 g/mol. The van der Waals surface area contributed by atoms with Gasteiger partial charge in [0.05, 0.1) is 0 Å². The van der Waals surface area contributed by atoms with Crippen LogP contribution in [-0.2, 0) is 9.59 Å². The van der Waals surface area contributed by atoms with E-state index >= 15 is 0 Å². The minimum atomic E-state index is -0.920. The summed E-state index contributed by atoms with van der Waals surface area (Å²) in [5, 5.41) is 0. The van der Waals surface area contributed by atoms with Crippen LogP contribution in [0.5, 0.6) is 11.5 Å². The smallest absolute Gasteiger partial charge is 0.325 e. The first-order valence-electron chi connectivity index (χ1n) is 9.74. The molecule has 2 aromatic carbocycles. The van der Waals surface area contributed by atoms with E-state index in [4.69, 9.17) is 9.47 Å². The number of rotatable bonds is 11. The molecule has 0 atom stereocenters. The Hall–Kier alpha value is -2.62. The maximum Gasteiger partial charge on any atom is 0.325 e. The molecule has 0 unspecified atom stereocenters. The zero-order valence-electron chi connectivity index (χ0n) is 15.9. The van der Waals surface area contributed by atoms with Gasteiger partial charge in [-0.05, 0) is 30.7 Å². The third kappa shape index (κ3) is 7.65. The second-order valence-electron chi connectivity index (χ2n) is 6.58. The highest BCUT2D eigenvalue weighted by Gasteiger charge is 2.30. The fraction of sp³-hybridized carbons (Fsp3) is 0.391. The van der Waals surface area contributed by atoms with Gasteiger partial charge in [0.25, 0.3) is 0 Å². The number of benzene rings is 2. The molecule has 0 aliphatic carbocycles. The van der Waals surface area contributed by atoms with Crippen molar-refractivity contribution >= 4 is 11.9 Å². The Balaban J connectivity index is 1.96. The number of para-hydroxylation sites is 2. The van der Waals surface area contributed by atoms with Crippen LogP contribution in [-0.4, -0.2) is 11.9 Å².